The van der Waals surface area contributed by atoms with Crippen LogP contribution < -0.4 is 9.64 Å². The van der Waals surface area contributed by atoms with Crippen molar-refractivity contribution in [3.05, 3.63) is 70.3 Å². The maximum Gasteiger partial charge on any atom is 0.254 e. The minimum absolute atomic E-state index is 0.00809. The number of hydrogen-bond acceptors (Lipinski definition) is 8. The van der Waals surface area contributed by atoms with E-state index in [0.717, 1.165) is 94.4 Å². The normalized spacial score (nSPS) is 26.9. The molecule has 0 aromatic heterocycles. The molecule has 1 saturated carbocycles. The zero-order chi connectivity index (χ0) is 31.9. The number of aryl methyl sites for hydroxylation is 1. The summed E-state index contributed by atoms with van der Waals surface area (Å²) in [5.74, 6) is 1.56. The van der Waals surface area contributed by atoms with Crippen LogP contribution in [-0.2, 0) is 37.2 Å². The summed E-state index contributed by atoms with van der Waals surface area (Å²) in [5.41, 5.74) is 3.80. The zero-order valence-electron chi connectivity index (χ0n) is 26.9. The highest BCUT2D eigenvalue weighted by molar-refractivity contribution is 7.75. The second kappa shape index (κ2) is 16.1. The molecule has 1 saturated heterocycles. The van der Waals surface area contributed by atoms with E-state index in [-0.39, 0.29) is 12.0 Å². The molecule has 8 nitrogen and oxygen atoms in total. The lowest BCUT2D eigenvalue weighted by Crippen LogP contribution is -2.44. The molecule has 2 fully saturated rings. The molecule has 4 atom stereocenters. The summed E-state index contributed by atoms with van der Waals surface area (Å²) in [6, 6.07) is 11.7. The Balaban J connectivity index is 1.34. The van der Waals surface area contributed by atoms with Gasteiger partial charge < -0.3 is 27.7 Å². The Hall–Kier alpha value is -2.43. The lowest BCUT2D eigenvalue weighted by atomic mass is 9.70. The molecule has 6 rings (SSSR count). The minimum atomic E-state index is -1.61. The summed E-state index contributed by atoms with van der Waals surface area (Å²) in [6.45, 7) is 9.16. The van der Waals surface area contributed by atoms with Crippen LogP contribution in [-0.4, -0.2) is 75.3 Å². The van der Waals surface area contributed by atoms with Crippen LogP contribution in [0, 0.1) is 17.8 Å². The molecule has 10 heteroatoms. The molecule has 1 amide bonds. The van der Waals surface area contributed by atoms with Crippen LogP contribution in [0.25, 0.3) is 0 Å². The summed E-state index contributed by atoms with van der Waals surface area (Å²) in [6.07, 6.45) is 10.3. The van der Waals surface area contributed by atoms with Gasteiger partial charge in [-0.2, -0.15) is 10.6 Å². The predicted octanol–water partition coefficient (Wildman–Crippen LogP) is 6.69. The molecule has 1 aliphatic carbocycles. The van der Waals surface area contributed by atoms with Gasteiger partial charge in [-0.1, -0.05) is 48.4 Å². The summed E-state index contributed by atoms with van der Waals surface area (Å²) >= 11 is 6.47. The number of carbonyl (C=O) groups excluding carboxylic acids is 1. The standard InChI is InChI=1S/C36H47ClN3O5S/c1-26-5-4-7-34(45-20-16-39-14-18-43-19-15-39)32-12-9-30(32)24-40-23-29-8-11-31(37)21-27(29)6-2-3-17-44-35-13-10-28(22-33(35)40)36(41)38-46(42)25-26/h4,7-8,10-11,13,21-22,26,30,32,34H,2-3,5-6,9,12,14-20,23-25H2,1H3/q-1. The summed E-state index contributed by atoms with van der Waals surface area (Å²) in [5, 5.41) is 0.748. The number of ether oxygens (including phenoxy) is 3. The molecule has 2 aromatic carbocycles. The van der Waals surface area contributed by atoms with Crippen LogP contribution in [0.15, 0.2) is 52.9 Å². The van der Waals surface area contributed by atoms with E-state index in [4.69, 9.17) is 25.8 Å². The molecule has 4 unspecified atom stereocenters. The van der Waals surface area contributed by atoms with Gasteiger partial charge in [0, 0.05) is 43.3 Å². The number of allylic oxidation sites excluding steroid dienone is 1. The lowest BCUT2D eigenvalue weighted by Gasteiger charge is -2.44. The van der Waals surface area contributed by atoms with E-state index in [2.05, 4.69) is 45.4 Å². The van der Waals surface area contributed by atoms with Crippen molar-refractivity contribution in [2.75, 3.05) is 63.3 Å². The zero-order valence-corrected chi connectivity index (χ0v) is 28.5. The summed E-state index contributed by atoms with van der Waals surface area (Å²) in [4.78, 5) is 18.1. The maximum atomic E-state index is 13.3. The fraction of sp³-hybridized carbons (Fsp3) is 0.583. The number of nitrogens with zero attached hydrogens (tertiary/aromatic N) is 3. The lowest BCUT2D eigenvalue weighted by molar-refractivity contribution is -0.0314. The van der Waals surface area contributed by atoms with Crippen molar-refractivity contribution < 1.29 is 23.2 Å². The molecule has 3 aliphatic heterocycles. The number of anilines is 1. The van der Waals surface area contributed by atoms with Gasteiger partial charge in [-0.25, -0.2) is 0 Å². The van der Waals surface area contributed by atoms with Gasteiger partial charge in [0.25, 0.3) is 5.91 Å². The second-order valence-corrected chi connectivity index (χ2v) is 14.8. The number of morpholine rings is 1. The van der Waals surface area contributed by atoms with Crippen molar-refractivity contribution in [1.29, 1.82) is 0 Å². The Morgan fingerprint density at radius 2 is 1.93 bits per heavy atom. The first-order valence-electron chi connectivity index (χ1n) is 16.9. The number of fused-ring (bicyclic) bond motifs is 3. The fourth-order valence-electron chi connectivity index (χ4n) is 6.99. The number of halogens is 1. The van der Waals surface area contributed by atoms with Crippen LogP contribution in [0.5, 0.6) is 5.75 Å². The Kier molecular flexibility index (Phi) is 11.7. The second-order valence-electron chi connectivity index (χ2n) is 13.2. The maximum absolute atomic E-state index is 13.3. The quantitative estimate of drug-likeness (QED) is 0.265. The Labute approximate surface area is 280 Å². The van der Waals surface area contributed by atoms with Crippen molar-refractivity contribution in [3.63, 3.8) is 0 Å². The molecular weight excluding hydrogens is 622 g/mol. The number of carbonyl (C=O) groups is 1. The highest BCUT2D eigenvalue weighted by Crippen LogP contribution is 2.42. The van der Waals surface area contributed by atoms with E-state index in [1.807, 2.05) is 18.2 Å². The van der Waals surface area contributed by atoms with E-state index in [1.54, 1.807) is 6.07 Å². The van der Waals surface area contributed by atoms with Gasteiger partial charge in [0.15, 0.2) is 0 Å². The smallest absolute Gasteiger partial charge is 0.254 e. The number of benzene rings is 2. The molecule has 0 N–H and O–H groups in total. The first-order chi connectivity index (χ1) is 22.4. The predicted molar refractivity (Wildman–Crippen MR) is 183 cm³/mol. The molecule has 46 heavy (non-hydrogen) atoms. The Morgan fingerprint density at radius 3 is 2.76 bits per heavy atom. The van der Waals surface area contributed by atoms with Gasteiger partial charge in [-0.15, -0.1) is 0 Å². The van der Waals surface area contributed by atoms with Crippen molar-refractivity contribution in [2.45, 2.75) is 58.1 Å². The number of hydrogen-bond donors (Lipinski definition) is 0. The van der Waals surface area contributed by atoms with E-state index in [9.17, 15) is 9.00 Å². The topological polar surface area (TPSA) is 80.7 Å². The molecule has 3 heterocycles. The van der Waals surface area contributed by atoms with Gasteiger partial charge in [-0.05, 0) is 91.8 Å². The van der Waals surface area contributed by atoms with E-state index < -0.39 is 16.5 Å². The van der Waals surface area contributed by atoms with E-state index >= 15 is 0 Å². The molecule has 2 aromatic rings. The SMILES string of the molecule is CC1CC=CC(OCCN2CCOCC2)C2CCC2CN2Cc3ccc(Cl)cc3CCCCOc3ccc(cc32)C(=O)N=[S-](=O)C1. The molecule has 2 bridgehead atoms. The van der Waals surface area contributed by atoms with Crippen LogP contribution >= 0.6 is 11.6 Å². The van der Waals surface area contributed by atoms with Crippen molar-refractivity contribution in [3.8, 4) is 5.75 Å². The van der Waals surface area contributed by atoms with Crippen LogP contribution in [0.2, 0.25) is 5.02 Å². The third kappa shape index (κ3) is 8.72. The minimum Gasteiger partial charge on any atom is -0.491 e. The van der Waals surface area contributed by atoms with Crippen LogP contribution in [0.3, 0.4) is 0 Å². The molecule has 4 aliphatic rings. The van der Waals surface area contributed by atoms with Gasteiger partial charge in [0.2, 0.25) is 0 Å². The highest BCUT2D eigenvalue weighted by Gasteiger charge is 2.38. The van der Waals surface area contributed by atoms with Gasteiger partial charge in [-0.3, -0.25) is 9.69 Å². The van der Waals surface area contributed by atoms with Crippen LogP contribution in [0.1, 0.15) is 60.5 Å². The van der Waals surface area contributed by atoms with E-state index in [1.165, 1.54) is 11.1 Å². The average Bonchev–Trinajstić information content (AvgIpc) is 3.06. The average molecular weight is 669 g/mol. The van der Waals surface area contributed by atoms with Gasteiger partial charge >= 0.3 is 0 Å². The Bertz CT molecular complexity index is 1470. The van der Waals surface area contributed by atoms with E-state index in [0.29, 0.717) is 42.9 Å². The van der Waals surface area contributed by atoms with Crippen LogP contribution in [0.4, 0.5) is 5.69 Å². The van der Waals surface area contributed by atoms with Crippen molar-refractivity contribution in [1.82, 2.24) is 4.90 Å². The third-order valence-corrected chi connectivity index (χ3v) is 11.3. The Morgan fingerprint density at radius 1 is 1.07 bits per heavy atom. The summed E-state index contributed by atoms with van der Waals surface area (Å²) in [7, 11) is -1.61. The fourth-order valence-corrected chi connectivity index (χ4v) is 8.18. The van der Waals surface area contributed by atoms with Gasteiger partial charge in [0.1, 0.15) is 5.75 Å². The largest absolute Gasteiger partial charge is 0.491 e. The molecular formula is C36H47ClN3O5S-. The van der Waals surface area contributed by atoms with Crippen molar-refractivity contribution in [2.24, 2.45) is 22.1 Å². The monoisotopic (exact) mass is 668 g/mol. The van der Waals surface area contributed by atoms with Crippen molar-refractivity contribution >= 4 is 33.8 Å². The third-order valence-electron chi connectivity index (χ3n) is 9.82. The molecule has 0 radical (unpaired) electrons. The highest BCUT2D eigenvalue weighted by atomic mass is 35.5. The first-order valence-corrected chi connectivity index (χ1v) is 18.6. The number of rotatable bonds is 4. The first kappa shape index (κ1) is 33.5. The number of amides is 1. The summed E-state index contributed by atoms with van der Waals surface area (Å²) < 4.78 is 35.6. The van der Waals surface area contributed by atoms with Gasteiger partial charge in [0.05, 0.1) is 38.2 Å². The molecule has 250 valence electrons. The molecule has 0 spiro atoms.